The van der Waals surface area contributed by atoms with E-state index in [4.69, 9.17) is 0 Å². The van der Waals surface area contributed by atoms with Crippen molar-refractivity contribution in [2.45, 2.75) is 11.4 Å². The van der Waals surface area contributed by atoms with E-state index in [1.807, 2.05) is 0 Å². The van der Waals surface area contributed by atoms with E-state index < -0.39 is 14.9 Å². The van der Waals surface area contributed by atoms with Crippen molar-refractivity contribution in [1.29, 1.82) is 0 Å². The van der Waals surface area contributed by atoms with Crippen LogP contribution < -0.4 is 0 Å². The zero-order valence-corrected chi connectivity index (χ0v) is 18.2. The zero-order chi connectivity index (χ0) is 23.2. The number of nitro benzene ring substituents is 1. The molecule has 0 spiro atoms. The molecule has 0 saturated carbocycles. The van der Waals surface area contributed by atoms with Crippen LogP contribution in [0.3, 0.4) is 0 Å². The minimum Gasteiger partial charge on any atom is -0.345 e. The summed E-state index contributed by atoms with van der Waals surface area (Å²) in [6.45, 7) is 1.02. The van der Waals surface area contributed by atoms with Crippen molar-refractivity contribution in [2.24, 2.45) is 0 Å². The second-order valence-corrected chi connectivity index (χ2v) is 9.69. The van der Waals surface area contributed by atoms with Gasteiger partial charge in [-0.25, -0.2) is 13.4 Å². The number of sulfonamides is 1. The Morgan fingerprint density at radius 1 is 1.15 bits per heavy atom. The molecule has 33 heavy (non-hydrogen) atoms. The zero-order valence-electron chi connectivity index (χ0n) is 17.4. The Hall–Kier alpha value is -3.77. The summed E-state index contributed by atoms with van der Waals surface area (Å²) < 4.78 is 29.4. The van der Waals surface area contributed by atoms with Gasteiger partial charge in [0.2, 0.25) is 15.9 Å². The van der Waals surface area contributed by atoms with E-state index >= 15 is 0 Å². The first kappa shape index (κ1) is 21.1. The van der Waals surface area contributed by atoms with Crippen LogP contribution in [0.15, 0.2) is 59.9 Å². The van der Waals surface area contributed by atoms with E-state index in [1.54, 1.807) is 46.1 Å². The number of nitrogens with one attached hydrogen (secondary N) is 1. The summed E-state index contributed by atoms with van der Waals surface area (Å²) in [7, 11) is -3.72. The average molecular weight is 468 g/mol. The topological polar surface area (TPSA) is 134 Å². The number of nitro groups is 1. The number of piperazine rings is 1. The van der Waals surface area contributed by atoms with Gasteiger partial charge >= 0.3 is 0 Å². The largest absolute Gasteiger partial charge is 0.345 e. The van der Waals surface area contributed by atoms with Gasteiger partial charge in [0.15, 0.2) is 0 Å². The summed E-state index contributed by atoms with van der Waals surface area (Å²) >= 11 is 0. The number of aromatic nitrogens is 3. The standard InChI is InChI=1S/C21H20N6O5S/c28-20(14-25-7-5-15-12-16(27(29)30)3-4-18(15)25)24-8-10-26(11-9-24)33(31,32)19-13-23-21-17(19)2-1-6-22-21/h1-7,12-13H,8-11,14H2,(H,22,23). The average Bonchev–Trinajstić information content (AvgIpc) is 3.43. The van der Waals surface area contributed by atoms with E-state index in [1.165, 1.54) is 22.6 Å². The fourth-order valence-electron chi connectivity index (χ4n) is 4.15. The molecule has 1 aromatic carbocycles. The highest BCUT2D eigenvalue weighted by Gasteiger charge is 2.32. The number of carbonyl (C=O) groups excluding carboxylic acids is 1. The van der Waals surface area contributed by atoms with Gasteiger partial charge in [0.25, 0.3) is 5.69 Å². The number of aromatic amines is 1. The van der Waals surface area contributed by atoms with Gasteiger partial charge in [0.1, 0.15) is 17.1 Å². The molecule has 5 rings (SSSR count). The molecule has 0 aliphatic carbocycles. The Kier molecular flexibility index (Phi) is 5.10. The maximum atomic E-state index is 13.1. The van der Waals surface area contributed by atoms with E-state index in [0.29, 0.717) is 16.4 Å². The minimum absolute atomic E-state index is 0.00473. The summed E-state index contributed by atoms with van der Waals surface area (Å²) in [5, 5.41) is 12.2. The lowest BCUT2D eigenvalue weighted by atomic mass is 10.2. The number of H-pyrrole nitrogens is 1. The molecule has 1 aliphatic heterocycles. The van der Waals surface area contributed by atoms with Gasteiger partial charge in [-0.15, -0.1) is 0 Å². The molecule has 0 bridgehead atoms. The van der Waals surface area contributed by atoms with Crippen LogP contribution >= 0.6 is 0 Å². The summed E-state index contributed by atoms with van der Waals surface area (Å²) in [4.78, 5) is 32.2. The molecule has 1 fully saturated rings. The van der Waals surface area contributed by atoms with Crippen molar-refractivity contribution in [3.05, 3.63) is 65.1 Å². The minimum atomic E-state index is -3.72. The Labute approximate surface area is 188 Å². The third-order valence-electron chi connectivity index (χ3n) is 5.89. The Bertz CT molecular complexity index is 1480. The van der Waals surface area contributed by atoms with Gasteiger partial charge < -0.3 is 14.5 Å². The molecule has 1 amide bonds. The second-order valence-electron chi connectivity index (χ2n) is 7.78. The molecule has 3 aromatic heterocycles. The van der Waals surface area contributed by atoms with E-state index in [9.17, 15) is 23.3 Å². The molecule has 0 atom stereocenters. The number of amides is 1. The third kappa shape index (κ3) is 3.72. The predicted octanol–water partition coefficient (Wildman–Crippen LogP) is 1.96. The molecule has 11 nitrogen and oxygen atoms in total. The van der Waals surface area contributed by atoms with Crippen LogP contribution in [-0.4, -0.2) is 69.2 Å². The first-order valence-electron chi connectivity index (χ1n) is 10.3. The maximum absolute atomic E-state index is 13.1. The van der Waals surface area contributed by atoms with Crippen LogP contribution in [0.5, 0.6) is 0 Å². The van der Waals surface area contributed by atoms with E-state index in [-0.39, 0.29) is 49.2 Å². The summed E-state index contributed by atoms with van der Waals surface area (Å²) in [6.07, 6.45) is 4.76. The molecular weight excluding hydrogens is 448 g/mol. The molecule has 1 N–H and O–H groups in total. The van der Waals surface area contributed by atoms with Gasteiger partial charge in [-0.1, -0.05) is 0 Å². The third-order valence-corrected chi connectivity index (χ3v) is 7.83. The highest BCUT2D eigenvalue weighted by molar-refractivity contribution is 7.89. The lowest BCUT2D eigenvalue weighted by Crippen LogP contribution is -2.51. The van der Waals surface area contributed by atoms with E-state index in [0.717, 1.165) is 5.52 Å². The number of carbonyl (C=O) groups is 1. The predicted molar refractivity (Wildman–Crippen MR) is 120 cm³/mol. The van der Waals surface area contributed by atoms with Gasteiger partial charge in [0, 0.05) is 73.2 Å². The lowest BCUT2D eigenvalue weighted by molar-refractivity contribution is -0.384. The second kappa shape index (κ2) is 7.98. The molecular formula is C21H20N6O5S. The normalized spacial score (nSPS) is 15.3. The van der Waals surface area contributed by atoms with E-state index in [2.05, 4.69) is 9.97 Å². The number of nitrogens with zero attached hydrogens (tertiary/aromatic N) is 5. The number of benzene rings is 1. The van der Waals surface area contributed by atoms with Crippen LogP contribution in [0.25, 0.3) is 21.9 Å². The summed E-state index contributed by atoms with van der Waals surface area (Å²) in [5.41, 5.74) is 1.23. The monoisotopic (exact) mass is 468 g/mol. The molecule has 4 heterocycles. The van der Waals surface area contributed by atoms with Crippen LogP contribution in [0.2, 0.25) is 0 Å². The summed E-state index contributed by atoms with van der Waals surface area (Å²) in [5.74, 6) is -0.140. The highest BCUT2D eigenvalue weighted by atomic mass is 32.2. The molecule has 4 aromatic rings. The van der Waals surface area contributed by atoms with Crippen molar-refractivity contribution in [1.82, 2.24) is 23.7 Å². The molecule has 0 radical (unpaired) electrons. The molecule has 1 aliphatic rings. The SMILES string of the molecule is O=C(Cn1ccc2cc([N+](=O)[O-])ccc21)N1CCN(S(=O)(=O)c2c[nH]c3ncccc23)CC1. The van der Waals surface area contributed by atoms with Crippen molar-refractivity contribution >= 4 is 43.6 Å². The van der Waals surface area contributed by atoms with Gasteiger partial charge in [-0.05, 0) is 24.3 Å². The Morgan fingerprint density at radius 3 is 2.70 bits per heavy atom. The fourth-order valence-corrected chi connectivity index (χ4v) is 5.72. The first-order valence-corrected chi connectivity index (χ1v) is 11.7. The fraction of sp³-hybridized carbons (Fsp3) is 0.238. The first-order chi connectivity index (χ1) is 15.8. The molecule has 170 valence electrons. The van der Waals surface area contributed by atoms with Crippen molar-refractivity contribution < 1.29 is 18.1 Å². The van der Waals surface area contributed by atoms with Crippen LogP contribution in [-0.2, 0) is 21.4 Å². The lowest BCUT2D eigenvalue weighted by Gasteiger charge is -2.34. The molecule has 1 saturated heterocycles. The number of hydrogen-bond donors (Lipinski definition) is 1. The number of pyridine rings is 1. The van der Waals surface area contributed by atoms with Crippen LogP contribution in [0, 0.1) is 10.1 Å². The quantitative estimate of drug-likeness (QED) is 0.351. The van der Waals surface area contributed by atoms with Gasteiger partial charge in [-0.2, -0.15) is 4.31 Å². The van der Waals surface area contributed by atoms with Crippen molar-refractivity contribution in [2.75, 3.05) is 26.2 Å². The number of hydrogen-bond acceptors (Lipinski definition) is 6. The van der Waals surface area contributed by atoms with Crippen molar-refractivity contribution in [3.63, 3.8) is 0 Å². The van der Waals surface area contributed by atoms with Crippen LogP contribution in [0.1, 0.15) is 0 Å². The van der Waals surface area contributed by atoms with Gasteiger partial charge in [-0.3, -0.25) is 14.9 Å². The smallest absolute Gasteiger partial charge is 0.270 e. The number of rotatable bonds is 5. The number of fused-ring (bicyclic) bond motifs is 2. The highest BCUT2D eigenvalue weighted by Crippen LogP contribution is 2.26. The van der Waals surface area contributed by atoms with Gasteiger partial charge in [0.05, 0.1) is 4.92 Å². The molecule has 12 heteroatoms. The van der Waals surface area contributed by atoms with Crippen LogP contribution in [0.4, 0.5) is 5.69 Å². The molecule has 0 unspecified atom stereocenters. The number of non-ortho nitro benzene ring substituents is 1. The Balaban J connectivity index is 1.27. The Morgan fingerprint density at radius 2 is 1.94 bits per heavy atom. The maximum Gasteiger partial charge on any atom is 0.270 e. The summed E-state index contributed by atoms with van der Waals surface area (Å²) in [6, 6.07) is 9.64. The van der Waals surface area contributed by atoms with Crippen molar-refractivity contribution in [3.8, 4) is 0 Å².